The Morgan fingerprint density at radius 3 is 2.84 bits per heavy atom. The second kappa shape index (κ2) is 8.02. The first kappa shape index (κ1) is 17.3. The van der Waals surface area contributed by atoms with Gasteiger partial charge in [0, 0.05) is 37.0 Å². The Bertz CT molecular complexity index is 742. The van der Waals surface area contributed by atoms with Gasteiger partial charge in [-0.15, -0.1) is 0 Å². The average Bonchev–Trinajstić information content (AvgIpc) is 3.25. The van der Waals surface area contributed by atoms with Crippen LogP contribution in [-0.2, 0) is 11.2 Å². The molecule has 1 heterocycles. The van der Waals surface area contributed by atoms with E-state index >= 15 is 0 Å². The van der Waals surface area contributed by atoms with Gasteiger partial charge in [0.15, 0.2) is 0 Å². The van der Waals surface area contributed by atoms with Crippen molar-refractivity contribution in [1.82, 2.24) is 15.5 Å². The van der Waals surface area contributed by atoms with Crippen LogP contribution in [0.3, 0.4) is 0 Å². The average molecular weight is 345 g/mol. The fourth-order valence-corrected chi connectivity index (χ4v) is 2.77. The number of nitrogens with one attached hydrogen (secondary N) is 1. The van der Waals surface area contributed by atoms with E-state index in [0.717, 1.165) is 6.42 Å². The smallest absolute Gasteiger partial charge is 0.226 e. The molecule has 2 N–H and O–H groups in total. The summed E-state index contributed by atoms with van der Waals surface area (Å²) in [5.74, 6) is 0.639. The maximum atomic E-state index is 12.9. The standard InChI is InChI=1S/C18H20FN3O3/c19-14-7-5-13(6-8-14)18-21-17(25-22-18)3-1-2-16(24)20-15-9-4-12(10-15)11-23/h4-9,12,15,23H,1-3,10-11H2,(H,20,24)/t12-,15+/m0/s1. The first-order chi connectivity index (χ1) is 12.1. The van der Waals surface area contributed by atoms with Crippen molar-refractivity contribution in [2.24, 2.45) is 5.92 Å². The van der Waals surface area contributed by atoms with E-state index in [-0.39, 0.29) is 30.3 Å². The molecule has 1 amide bonds. The van der Waals surface area contributed by atoms with E-state index in [1.165, 1.54) is 12.1 Å². The van der Waals surface area contributed by atoms with Gasteiger partial charge in [-0.05, 0) is 37.1 Å². The number of carbonyl (C=O) groups is 1. The Morgan fingerprint density at radius 1 is 1.32 bits per heavy atom. The first-order valence-corrected chi connectivity index (χ1v) is 8.31. The third-order valence-corrected chi connectivity index (χ3v) is 4.12. The number of hydrogen-bond acceptors (Lipinski definition) is 5. The van der Waals surface area contributed by atoms with Gasteiger partial charge in [-0.25, -0.2) is 4.39 Å². The Hall–Kier alpha value is -2.54. The number of aryl methyl sites for hydroxylation is 1. The van der Waals surface area contributed by atoms with Crippen LogP contribution in [0.25, 0.3) is 11.4 Å². The SMILES string of the molecule is O=C(CCCc1nc(-c2ccc(F)cc2)no1)N[C@@H]1C=C[C@H](CO)C1. The zero-order chi connectivity index (χ0) is 17.6. The van der Waals surface area contributed by atoms with Crippen molar-refractivity contribution in [3.8, 4) is 11.4 Å². The van der Waals surface area contributed by atoms with Gasteiger partial charge in [-0.3, -0.25) is 4.79 Å². The lowest BCUT2D eigenvalue weighted by molar-refractivity contribution is -0.121. The summed E-state index contributed by atoms with van der Waals surface area (Å²) < 4.78 is 18.1. The van der Waals surface area contributed by atoms with Crippen molar-refractivity contribution in [3.05, 3.63) is 48.1 Å². The highest BCUT2D eigenvalue weighted by molar-refractivity contribution is 5.76. The van der Waals surface area contributed by atoms with Crippen LogP contribution < -0.4 is 5.32 Å². The predicted octanol–water partition coefficient (Wildman–Crippen LogP) is 2.25. The normalized spacial score (nSPS) is 19.3. The highest BCUT2D eigenvalue weighted by Gasteiger charge is 2.19. The summed E-state index contributed by atoms with van der Waals surface area (Å²) in [6.45, 7) is 0.108. The van der Waals surface area contributed by atoms with Crippen LogP contribution in [0.4, 0.5) is 4.39 Å². The number of halogens is 1. The molecule has 0 aliphatic heterocycles. The largest absolute Gasteiger partial charge is 0.396 e. The third kappa shape index (κ3) is 4.73. The lowest BCUT2D eigenvalue weighted by Crippen LogP contribution is -2.32. The van der Waals surface area contributed by atoms with Crippen LogP contribution in [0.15, 0.2) is 40.9 Å². The maximum Gasteiger partial charge on any atom is 0.226 e. The summed E-state index contributed by atoms with van der Waals surface area (Å²) in [5, 5.41) is 15.9. The molecule has 1 aliphatic rings. The Kier molecular flexibility index (Phi) is 5.55. The van der Waals surface area contributed by atoms with Crippen LogP contribution in [0.2, 0.25) is 0 Å². The molecular weight excluding hydrogens is 325 g/mol. The van der Waals surface area contributed by atoms with Crippen LogP contribution in [-0.4, -0.2) is 33.8 Å². The molecule has 1 aliphatic carbocycles. The van der Waals surface area contributed by atoms with E-state index in [4.69, 9.17) is 9.63 Å². The zero-order valence-corrected chi connectivity index (χ0v) is 13.7. The molecule has 0 radical (unpaired) electrons. The number of hydrogen-bond donors (Lipinski definition) is 2. The van der Waals surface area contributed by atoms with E-state index in [0.29, 0.717) is 36.5 Å². The molecule has 0 saturated carbocycles. The number of nitrogens with zero attached hydrogens (tertiary/aromatic N) is 2. The summed E-state index contributed by atoms with van der Waals surface area (Å²) in [6.07, 6.45) is 6.06. The molecule has 2 aromatic rings. The van der Waals surface area contributed by atoms with Crippen LogP contribution in [0, 0.1) is 11.7 Å². The molecule has 0 saturated heterocycles. The van der Waals surface area contributed by atoms with Gasteiger partial charge in [-0.1, -0.05) is 17.3 Å². The molecule has 132 valence electrons. The molecule has 25 heavy (non-hydrogen) atoms. The molecule has 6 nitrogen and oxygen atoms in total. The first-order valence-electron chi connectivity index (χ1n) is 8.31. The monoisotopic (exact) mass is 345 g/mol. The summed E-state index contributed by atoms with van der Waals surface area (Å²) in [7, 11) is 0. The van der Waals surface area contributed by atoms with Crippen molar-refractivity contribution in [2.75, 3.05) is 6.61 Å². The van der Waals surface area contributed by atoms with Gasteiger partial charge in [0.2, 0.25) is 17.6 Å². The number of rotatable bonds is 7. The number of aliphatic hydroxyl groups excluding tert-OH is 1. The molecule has 0 unspecified atom stereocenters. The second-order valence-electron chi connectivity index (χ2n) is 6.11. The molecule has 2 atom stereocenters. The van der Waals surface area contributed by atoms with Gasteiger partial charge in [0.05, 0.1) is 0 Å². The minimum Gasteiger partial charge on any atom is -0.396 e. The van der Waals surface area contributed by atoms with E-state index < -0.39 is 0 Å². The second-order valence-corrected chi connectivity index (χ2v) is 6.11. The van der Waals surface area contributed by atoms with Gasteiger partial charge >= 0.3 is 0 Å². The molecule has 1 aromatic carbocycles. The topological polar surface area (TPSA) is 88.2 Å². The zero-order valence-electron chi connectivity index (χ0n) is 13.7. The number of carbonyl (C=O) groups excluding carboxylic acids is 1. The third-order valence-electron chi connectivity index (χ3n) is 4.12. The predicted molar refractivity (Wildman–Crippen MR) is 88.9 cm³/mol. The van der Waals surface area contributed by atoms with E-state index in [1.807, 2.05) is 12.2 Å². The lowest BCUT2D eigenvalue weighted by atomic mass is 10.1. The van der Waals surface area contributed by atoms with Crippen molar-refractivity contribution in [3.63, 3.8) is 0 Å². The number of amides is 1. The fraction of sp³-hybridized carbons (Fsp3) is 0.389. The molecule has 0 fully saturated rings. The molecule has 1 aromatic heterocycles. The molecule has 3 rings (SSSR count). The number of aromatic nitrogens is 2. The van der Waals surface area contributed by atoms with Gasteiger partial charge in [0.1, 0.15) is 5.82 Å². The molecule has 0 bridgehead atoms. The molecule has 0 spiro atoms. The molecular formula is C18H20FN3O3. The Labute approximate surface area is 144 Å². The summed E-state index contributed by atoms with van der Waals surface area (Å²) in [6, 6.07) is 5.86. The summed E-state index contributed by atoms with van der Waals surface area (Å²) >= 11 is 0. The highest BCUT2D eigenvalue weighted by atomic mass is 19.1. The van der Waals surface area contributed by atoms with Crippen molar-refractivity contribution >= 4 is 5.91 Å². The number of benzene rings is 1. The van der Waals surface area contributed by atoms with Crippen molar-refractivity contribution < 1.29 is 18.8 Å². The van der Waals surface area contributed by atoms with Crippen LogP contribution in [0.5, 0.6) is 0 Å². The summed E-state index contributed by atoms with van der Waals surface area (Å²) in [5.41, 5.74) is 0.681. The Morgan fingerprint density at radius 2 is 2.12 bits per heavy atom. The fourth-order valence-electron chi connectivity index (χ4n) is 2.77. The quantitative estimate of drug-likeness (QED) is 0.752. The van der Waals surface area contributed by atoms with E-state index in [1.54, 1.807) is 12.1 Å². The van der Waals surface area contributed by atoms with E-state index in [2.05, 4.69) is 15.5 Å². The van der Waals surface area contributed by atoms with E-state index in [9.17, 15) is 9.18 Å². The van der Waals surface area contributed by atoms with Gasteiger partial charge in [0.25, 0.3) is 0 Å². The van der Waals surface area contributed by atoms with Crippen molar-refractivity contribution in [1.29, 1.82) is 0 Å². The summed E-state index contributed by atoms with van der Waals surface area (Å²) in [4.78, 5) is 16.2. The highest BCUT2D eigenvalue weighted by Crippen LogP contribution is 2.18. The van der Waals surface area contributed by atoms with Crippen LogP contribution >= 0.6 is 0 Å². The molecule has 7 heteroatoms. The minimum absolute atomic E-state index is 0.00173. The Balaban J connectivity index is 1.43. The van der Waals surface area contributed by atoms with Crippen molar-refractivity contribution in [2.45, 2.75) is 31.7 Å². The minimum atomic E-state index is -0.319. The van der Waals surface area contributed by atoms with Crippen LogP contribution in [0.1, 0.15) is 25.2 Å². The number of aliphatic hydroxyl groups is 1. The van der Waals surface area contributed by atoms with Gasteiger partial charge < -0.3 is 14.9 Å². The maximum absolute atomic E-state index is 12.9. The lowest BCUT2D eigenvalue weighted by Gasteiger charge is -2.12. The van der Waals surface area contributed by atoms with Gasteiger partial charge in [-0.2, -0.15) is 4.98 Å².